The van der Waals surface area contributed by atoms with Crippen LogP contribution < -0.4 is 10.5 Å². The first-order valence-corrected chi connectivity index (χ1v) is 5.92. The number of anilines is 1. The maximum Gasteiger partial charge on any atom is 0.274 e. The average molecular weight is 258 g/mol. The summed E-state index contributed by atoms with van der Waals surface area (Å²) in [6.07, 6.45) is 0. The standard InChI is InChI=1S/C14H14N2O3/c1-2-16(10-5-3-6-11(17)9-10)14(19)12-7-4-8-13(18)15-12/h3-9,17H,2H2,1H3,(H,15,18). The smallest absolute Gasteiger partial charge is 0.274 e. The number of carbonyl (C=O) groups excluding carboxylic acids is 1. The van der Waals surface area contributed by atoms with Gasteiger partial charge in [0.25, 0.3) is 5.91 Å². The quantitative estimate of drug-likeness (QED) is 0.880. The molecule has 0 aliphatic carbocycles. The summed E-state index contributed by atoms with van der Waals surface area (Å²) in [5, 5.41) is 9.46. The Morgan fingerprint density at radius 3 is 2.63 bits per heavy atom. The molecule has 1 heterocycles. The minimum absolute atomic E-state index is 0.0882. The van der Waals surface area contributed by atoms with Crippen molar-refractivity contribution in [1.82, 2.24) is 4.98 Å². The van der Waals surface area contributed by atoms with E-state index in [0.717, 1.165) is 0 Å². The van der Waals surface area contributed by atoms with Gasteiger partial charge in [-0.05, 0) is 25.1 Å². The van der Waals surface area contributed by atoms with E-state index < -0.39 is 0 Å². The zero-order valence-corrected chi connectivity index (χ0v) is 10.5. The fraction of sp³-hybridized carbons (Fsp3) is 0.143. The molecule has 0 fully saturated rings. The third-order valence-corrected chi connectivity index (χ3v) is 2.70. The van der Waals surface area contributed by atoms with Crippen molar-refractivity contribution in [1.29, 1.82) is 0 Å². The lowest BCUT2D eigenvalue weighted by Crippen LogP contribution is -2.32. The molecule has 0 saturated carbocycles. The Labute approximate surface area is 110 Å². The molecule has 2 aromatic rings. The number of hydrogen-bond acceptors (Lipinski definition) is 3. The van der Waals surface area contributed by atoms with Crippen LogP contribution in [0.2, 0.25) is 0 Å². The first-order valence-electron chi connectivity index (χ1n) is 5.92. The highest BCUT2D eigenvalue weighted by molar-refractivity contribution is 6.04. The van der Waals surface area contributed by atoms with E-state index in [1.165, 1.54) is 29.2 Å². The molecule has 1 aromatic heterocycles. The summed E-state index contributed by atoms with van der Waals surface area (Å²) in [6, 6.07) is 10.9. The van der Waals surface area contributed by atoms with Gasteiger partial charge in [0.1, 0.15) is 11.4 Å². The van der Waals surface area contributed by atoms with Gasteiger partial charge < -0.3 is 15.0 Å². The fourth-order valence-corrected chi connectivity index (χ4v) is 1.82. The number of H-pyrrole nitrogens is 1. The van der Waals surface area contributed by atoms with Gasteiger partial charge in [-0.15, -0.1) is 0 Å². The molecule has 19 heavy (non-hydrogen) atoms. The summed E-state index contributed by atoms with van der Waals surface area (Å²) in [4.78, 5) is 27.5. The van der Waals surface area contributed by atoms with Crippen molar-refractivity contribution < 1.29 is 9.90 Å². The number of phenolic OH excluding ortho intramolecular Hbond substituents is 1. The van der Waals surface area contributed by atoms with Crippen molar-refractivity contribution in [3.05, 3.63) is 58.5 Å². The van der Waals surface area contributed by atoms with Gasteiger partial charge in [-0.3, -0.25) is 9.59 Å². The Morgan fingerprint density at radius 2 is 2.00 bits per heavy atom. The molecule has 98 valence electrons. The summed E-state index contributed by atoms with van der Waals surface area (Å²) >= 11 is 0. The number of hydrogen-bond donors (Lipinski definition) is 2. The van der Waals surface area contributed by atoms with E-state index in [4.69, 9.17) is 0 Å². The summed E-state index contributed by atoms with van der Waals surface area (Å²) < 4.78 is 0. The molecule has 0 saturated heterocycles. The first-order chi connectivity index (χ1) is 9.11. The lowest BCUT2D eigenvalue weighted by molar-refractivity contribution is 0.0983. The lowest BCUT2D eigenvalue weighted by Gasteiger charge is -2.20. The summed E-state index contributed by atoms with van der Waals surface area (Å²) in [5.41, 5.74) is 0.479. The lowest BCUT2D eigenvalue weighted by atomic mass is 10.2. The Bertz CT molecular complexity index is 649. The molecular formula is C14H14N2O3. The van der Waals surface area contributed by atoms with Crippen LogP contribution in [-0.2, 0) is 0 Å². The molecular weight excluding hydrogens is 244 g/mol. The number of aromatic hydroxyl groups is 1. The SMILES string of the molecule is CCN(C(=O)c1cccc(=O)[nH]1)c1cccc(O)c1. The van der Waals surface area contributed by atoms with E-state index in [9.17, 15) is 14.7 Å². The van der Waals surface area contributed by atoms with Crippen LogP contribution in [0.1, 0.15) is 17.4 Å². The summed E-state index contributed by atoms with van der Waals surface area (Å²) in [6.45, 7) is 2.25. The number of rotatable bonds is 3. The molecule has 5 nitrogen and oxygen atoms in total. The van der Waals surface area contributed by atoms with Crippen LogP contribution in [0.15, 0.2) is 47.3 Å². The highest BCUT2D eigenvalue weighted by atomic mass is 16.3. The number of carbonyl (C=O) groups is 1. The Kier molecular flexibility index (Phi) is 3.66. The van der Waals surface area contributed by atoms with Crippen LogP contribution in [0.5, 0.6) is 5.75 Å². The predicted octanol–water partition coefficient (Wildman–Crippen LogP) is 1.75. The molecule has 0 unspecified atom stereocenters. The van der Waals surface area contributed by atoms with E-state index in [1.54, 1.807) is 18.2 Å². The van der Waals surface area contributed by atoms with E-state index >= 15 is 0 Å². The van der Waals surface area contributed by atoms with Gasteiger partial charge in [0.05, 0.1) is 0 Å². The van der Waals surface area contributed by atoms with Gasteiger partial charge in [-0.1, -0.05) is 12.1 Å². The van der Waals surface area contributed by atoms with Gasteiger partial charge in [-0.2, -0.15) is 0 Å². The largest absolute Gasteiger partial charge is 0.508 e. The number of aromatic amines is 1. The fourth-order valence-electron chi connectivity index (χ4n) is 1.82. The van der Waals surface area contributed by atoms with E-state index in [1.807, 2.05) is 6.92 Å². The number of amides is 1. The second-order valence-electron chi connectivity index (χ2n) is 4.00. The number of benzene rings is 1. The number of phenols is 1. The van der Waals surface area contributed by atoms with E-state index in [2.05, 4.69) is 4.98 Å². The van der Waals surface area contributed by atoms with Crippen molar-refractivity contribution in [2.75, 3.05) is 11.4 Å². The van der Waals surface area contributed by atoms with Gasteiger partial charge in [0.2, 0.25) is 5.56 Å². The summed E-state index contributed by atoms with van der Waals surface area (Å²) in [7, 11) is 0. The van der Waals surface area contributed by atoms with Crippen molar-refractivity contribution in [2.45, 2.75) is 6.92 Å². The third-order valence-electron chi connectivity index (χ3n) is 2.70. The highest BCUT2D eigenvalue weighted by Crippen LogP contribution is 2.21. The van der Waals surface area contributed by atoms with Crippen LogP contribution in [0.4, 0.5) is 5.69 Å². The predicted molar refractivity (Wildman–Crippen MR) is 72.5 cm³/mol. The van der Waals surface area contributed by atoms with Crippen molar-refractivity contribution in [2.24, 2.45) is 0 Å². The monoisotopic (exact) mass is 258 g/mol. The van der Waals surface area contributed by atoms with Crippen molar-refractivity contribution >= 4 is 11.6 Å². The number of nitrogens with one attached hydrogen (secondary N) is 1. The van der Waals surface area contributed by atoms with Crippen molar-refractivity contribution in [3.63, 3.8) is 0 Å². The van der Waals surface area contributed by atoms with Crippen LogP contribution in [0.3, 0.4) is 0 Å². The Balaban J connectivity index is 2.37. The third kappa shape index (κ3) is 2.82. The molecule has 0 aliphatic heterocycles. The number of pyridine rings is 1. The van der Waals surface area contributed by atoms with Crippen LogP contribution in [0, 0.1) is 0 Å². The average Bonchev–Trinajstić information content (AvgIpc) is 2.39. The van der Waals surface area contributed by atoms with Crippen LogP contribution >= 0.6 is 0 Å². The van der Waals surface area contributed by atoms with Crippen molar-refractivity contribution in [3.8, 4) is 5.75 Å². The molecule has 2 rings (SSSR count). The molecule has 0 radical (unpaired) electrons. The molecule has 2 N–H and O–H groups in total. The maximum absolute atomic E-state index is 12.3. The first kappa shape index (κ1) is 12.9. The second-order valence-corrected chi connectivity index (χ2v) is 4.00. The number of aromatic nitrogens is 1. The molecule has 0 bridgehead atoms. The van der Waals surface area contributed by atoms with Crippen LogP contribution in [-0.4, -0.2) is 22.5 Å². The van der Waals surface area contributed by atoms with Gasteiger partial charge in [0.15, 0.2) is 0 Å². The van der Waals surface area contributed by atoms with Gasteiger partial charge >= 0.3 is 0 Å². The van der Waals surface area contributed by atoms with Gasteiger partial charge in [0, 0.05) is 24.4 Å². The number of nitrogens with zero attached hydrogens (tertiary/aromatic N) is 1. The minimum atomic E-state index is -0.321. The summed E-state index contributed by atoms with van der Waals surface area (Å²) in [5.74, 6) is -0.226. The van der Waals surface area contributed by atoms with Crippen LogP contribution in [0.25, 0.3) is 0 Å². The molecule has 5 heteroatoms. The minimum Gasteiger partial charge on any atom is -0.508 e. The maximum atomic E-state index is 12.3. The topological polar surface area (TPSA) is 73.4 Å². The highest BCUT2D eigenvalue weighted by Gasteiger charge is 2.16. The van der Waals surface area contributed by atoms with Gasteiger partial charge in [-0.25, -0.2) is 0 Å². The molecule has 1 aromatic carbocycles. The van der Waals surface area contributed by atoms with E-state index in [-0.39, 0.29) is 22.9 Å². The zero-order chi connectivity index (χ0) is 13.8. The normalized spacial score (nSPS) is 10.2. The second kappa shape index (κ2) is 5.39. The Morgan fingerprint density at radius 1 is 1.26 bits per heavy atom. The molecule has 0 spiro atoms. The molecule has 1 amide bonds. The Hall–Kier alpha value is -2.56. The molecule has 0 atom stereocenters. The molecule has 0 aliphatic rings. The van der Waals surface area contributed by atoms with E-state index in [0.29, 0.717) is 12.2 Å². The zero-order valence-electron chi connectivity index (χ0n) is 10.5.